The van der Waals surface area contributed by atoms with Gasteiger partial charge in [0.15, 0.2) is 5.78 Å². The highest BCUT2D eigenvalue weighted by Gasteiger charge is 2.21. The molecule has 2 heterocycles. The van der Waals surface area contributed by atoms with E-state index in [1.165, 1.54) is 10.9 Å². The maximum Gasteiger partial charge on any atom is 0.349 e. The second kappa shape index (κ2) is 10.0. The second-order valence-corrected chi connectivity index (χ2v) is 9.09. The standard InChI is InChI=1S/C26H24N2O5S/c1-16(2)33-20-11-9-19(10-12-20)21(29)13-28-15-27-24-22(25(28)30)17(3)23(34-24)26(31)32-14-18-7-5-4-6-8-18/h4-12,15-16H,13-14H2,1-3H3. The van der Waals surface area contributed by atoms with Crippen LogP contribution in [0.4, 0.5) is 0 Å². The van der Waals surface area contributed by atoms with Crippen LogP contribution in [-0.2, 0) is 17.9 Å². The van der Waals surface area contributed by atoms with Crippen molar-refractivity contribution in [3.8, 4) is 5.75 Å². The third kappa shape index (κ3) is 5.07. The lowest BCUT2D eigenvalue weighted by Crippen LogP contribution is -2.24. The summed E-state index contributed by atoms with van der Waals surface area (Å²) in [6.45, 7) is 5.53. The number of hydrogen-bond donors (Lipinski definition) is 0. The number of fused-ring (bicyclic) bond motifs is 1. The predicted molar refractivity (Wildman–Crippen MR) is 131 cm³/mol. The van der Waals surface area contributed by atoms with E-state index in [-0.39, 0.29) is 30.6 Å². The van der Waals surface area contributed by atoms with Gasteiger partial charge in [-0.2, -0.15) is 0 Å². The molecule has 0 aliphatic carbocycles. The monoisotopic (exact) mass is 476 g/mol. The van der Waals surface area contributed by atoms with E-state index < -0.39 is 5.97 Å². The summed E-state index contributed by atoms with van der Waals surface area (Å²) < 4.78 is 12.3. The largest absolute Gasteiger partial charge is 0.491 e. The fourth-order valence-corrected chi connectivity index (χ4v) is 4.53. The molecule has 0 atom stereocenters. The molecular formula is C26H24N2O5S. The topological polar surface area (TPSA) is 87.5 Å². The number of nitrogens with zero attached hydrogens (tertiary/aromatic N) is 2. The van der Waals surface area contributed by atoms with E-state index in [4.69, 9.17) is 9.47 Å². The second-order valence-electron chi connectivity index (χ2n) is 8.09. The van der Waals surface area contributed by atoms with Crippen LogP contribution in [0.3, 0.4) is 0 Å². The van der Waals surface area contributed by atoms with Crippen molar-refractivity contribution in [1.29, 1.82) is 0 Å². The minimum atomic E-state index is -0.505. The third-order valence-corrected chi connectivity index (χ3v) is 6.36. The number of rotatable bonds is 8. The summed E-state index contributed by atoms with van der Waals surface area (Å²) >= 11 is 1.11. The number of esters is 1. The summed E-state index contributed by atoms with van der Waals surface area (Å²) in [4.78, 5) is 43.6. The quantitative estimate of drug-likeness (QED) is 0.268. The maximum atomic E-state index is 13.1. The molecule has 2 aromatic heterocycles. The third-order valence-electron chi connectivity index (χ3n) is 5.18. The Bertz CT molecular complexity index is 1390. The van der Waals surface area contributed by atoms with Crippen LogP contribution < -0.4 is 10.3 Å². The lowest BCUT2D eigenvalue weighted by Gasteiger charge is -2.10. The molecule has 0 amide bonds. The van der Waals surface area contributed by atoms with Crippen molar-refractivity contribution in [3.05, 3.63) is 92.8 Å². The summed E-state index contributed by atoms with van der Waals surface area (Å²) in [6.07, 6.45) is 1.38. The van der Waals surface area contributed by atoms with E-state index in [0.29, 0.717) is 32.0 Å². The molecule has 0 N–H and O–H groups in total. The first-order valence-electron chi connectivity index (χ1n) is 10.8. The minimum absolute atomic E-state index is 0.0345. The van der Waals surface area contributed by atoms with E-state index in [0.717, 1.165) is 16.9 Å². The molecule has 2 aromatic carbocycles. The van der Waals surface area contributed by atoms with Crippen molar-refractivity contribution >= 4 is 33.3 Å². The van der Waals surface area contributed by atoms with Gasteiger partial charge in [0.1, 0.15) is 22.1 Å². The number of ether oxygens (including phenoxy) is 2. The number of benzene rings is 2. The molecule has 7 nitrogen and oxygen atoms in total. The van der Waals surface area contributed by atoms with Crippen molar-refractivity contribution in [1.82, 2.24) is 9.55 Å². The molecule has 0 saturated carbocycles. The van der Waals surface area contributed by atoms with Crippen molar-refractivity contribution in [2.45, 2.75) is 40.0 Å². The average molecular weight is 477 g/mol. The van der Waals surface area contributed by atoms with Gasteiger partial charge < -0.3 is 9.47 Å². The number of Topliss-reactive ketones (excluding diaryl/α,β-unsaturated/α-hetero) is 1. The van der Waals surface area contributed by atoms with E-state index in [1.54, 1.807) is 31.2 Å². The first kappa shape index (κ1) is 23.4. The van der Waals surface area contributed by atoms with Crippen LogP contribution in [0.1, 0.15) is 45.0 Å². The summed E-state index contributed by atoms with van der Waals surface area (Å²) in [5.74, 6) is -0.0582. The number of thiophene rings is 1. The van der Waals surface area contributed by atoms with Gasteiger partial charge in [-0.05, 0) is 56.2 Å². The summed E-state index contributed by atoms with van der Waals surface area (Å²) in [7, 11) is 0. The predicted octanol–water partition coefficient (Wildman–Crippen LogP) is 4.79. The SMILES string of the molecule is Cc1c(C(=O)OCc2ccccc2)sc2ncn(CC(=O)c3ccc(OC(C)C)cc3)c(=O)c12. The summed E-state index contributed by atoms with van der Waals surface area (Å²) in [5, 5.41) is 0.327. The molecule has 0 bridgehead atoms. The Morgan fingerprint density at radius 2 is 1.76 bits per heavy atom. The number of ketones is 1. The highest BCUT2D eigenvalue weighted by atomic mass is 32.1. The van der Waals surface area contributed by atoms with Crippen molar-refractivity contribution < 1.29 is 19.1 Å². The molecule has 34 heavy (non-hydrogen) atoms. The Morgan fingerprint density at radius 3 is 2.44 bits per heavy atom. The lowest BCUT2D eigenvalue weighted by atomic mass is 10.1. The molecule has 8 heteroatoms. The average Bonchev–Trinajstić information content (AvgIpc) is 3.17. The Kier molecular flexibility index (Phi) is 6.88. The van der Waals surface area contributed by atoms with Gasteiger partial charge in [-0.25, -0.2) is 9.78 Å². The zero-order valence-corrected chi connectivity index (χ0v) is 19.9. The highest BCUT2D eigenvalue weighted by Crippen LogP contribution is 2.27. The first-order chi connectivity index (χ1) is 16.3. The van der Waals surface area contributed by atoms with Gasteiger partial charge >= 0.3 is 5.97 Å². The van der Waals surface area contributed by atoms with Gasteiger partial charge in [-0.15, -0.1) is 11.3 Å². The fourth-order valence-electron chi connectivity index (χ4n) is 3.49. The number of aromatic nitrogens is 2. The van der Waals surface area contributed by atoms with Gasteiger partial charge in [0.05, 0.1) is 24.4 Å². The van der Waals surface area contributed by atoms with Crippen LogP contribution >= 0.6 is 11.3 Å². The Hall–Kier alpha value is -3.78. The zero-order valence-electron chi connectivity index (χ0n) is 19.1. The van der Waals surface area contributed by atoms with E-state index in [1.807, 2.05) is 44.2 Å². The van der Waals surface area contributed by atoms with Crippen LogP contribution in [0.15, 0.2) is 65.7 Å². The first-order valence-corrected chi connectivity index (χ1v) is 11.6. The molecule has 4 rings (SSSR count). The molecule has 4 aromatic rings. The Balaban J connectivity index is 1.53. The van der Waals surface area contributed by atoms with Gasteiger partial charge in [-0.3, -0.25) is 14.2 Å². The van der Waals surface area contributed by atoms with E-state index >= 15 is 0 Å². The summed E-state index contributed by atoms with van der Waals surface area (Å²) in [6, 6.07) is 16.2. The molecule has 0 aliphatic heterocycles. The smallest absolute Gasteiger partial charge is 0.349 e. The van der Waals surface area contributed by atoms with Crippen LogP contribution in [0.25, 0.3) is 10.2 Å². The fraction of sp³-hybridized carbons (Fsp3) is 0.231. The molecule has 0 aliphatic rings. The Labute approximate surface area is 200 Å². The highest BCUT2D eigenvalue weighted by molar-refractivity contribution is 7.20. The molecule has 174 valence electrons. The maximum absolute atomic E-state index is 13.1. The van der Waals surface area contributed by atoms with Gasteiger partial charge in [-0.1, -0.05) is 30.3 Å². The van der Waals surface area contributed by atoms with Crippen LogP contribution in [0.5, 0.6) is 5.75 Å². The molecular weight excluding hydrogens is 452 g/mol. The minimum Gasteiger partial charge on any atom is -0.491 e. The molecule has 0 unspecified atom stereocenters. The van der Waals surface area contributed by atoms with Gasteiger partial charge in [0, 0.05) is 5.56 Å². The zero-order chi connectivity index (χ0) is 24.2. The van der Waals surface area contributed by atoms with Crippen LogP contribution in [0.2, 0.25) is 0 Å². The molecule has 0 spiro atoms. The molecule has 0 saturated heterocycles. The summed E-state index contributed by atoms with van der Waals surface area (Å²) in [5.41, 5.74) is 1.48. The number of hydrogen-bond acceptors (Lipinski definition) is 7. The van der Waals surface area contributed by atoms with E-state index in [9.17, 15) is 14.4 Å². The van der Waals surface area contributed by atoms with Crippen LogP contribution in [-0.4, -0.2) is 27.4 Å². The number of aryl methyl sites for hydroxylation is 1. The Morgan fingerprint density at radius 1 is 1.06 bits per heavy atom. The lowest BCUT2D eigenvalue weighted by molar-refractivity contribution is 0.0477. The normalized spacial score (nSPS) is 11.1. The van der Waals surface area contributed by atoms with Gasteiger partial charge in [0.25, 0.3) is 5.56 Å². The van der Waals surface area contributed by atoms with Crippen LogP contribution in [0, 0.1) is 6.92 Å². The molecule has 0 fully saturated rings. The van der Waals surface area contributed by atoms with Crippen molar-refractivity contribution in [2.24, 2.45) is 0 Å². The van der Waals surface area contributed by atoms with Gasteiger partial charge in [0.2, 0.25) is 0 Å². The number of carbonyl (C=O) groups excluding carboxylic acids is 2. The molecule has 0 radical (unpaired) electrons. The van der Waals surface area contributed by atoms with Crippen molar-refractivity contribution in [2.75, 3.05) is 0 Å². The van der Waals surface area contributed by atoms with Crippen molar-refractivity contribution in [3.63, 3.8) is 0 Å². The number of carbonyl (C=O) groups is 2. The van der Waals surface area contributed by atoms with E-state index in [2.05, 4.69) is 4.98 Å².